The molecule has 5 heterocycles. The average Bonchev–Trinajstić information content (AvgIpc) is 3.58. The van der Waals surface area contributed by atoms with E-state index in [0.717, 1.165) is 65.3 Å². The van der Waals surface area contributed by atoms with E-state index in [0.29, 0.717) is 11.6 Å². The molecular weight excluding hydrogens is 472 g/mol. The number of piperidine rings is 1. The minimum Gasteiger partial charge on any atom is -0.346 e. The van der Waals surface area contributed by atoms with Gasteiger partial charge in [0.25, 0.3) is 0 Å². The van der Waals surface area contributed by atoms with E-state index in [1.54, 1.807) is 10.9 Å². The zero-order valence-corrected chi connectivity index (χ0v) is 19.6. The van der Waals surface area contributed by atoms with Gasteiger partial charge in [0.1, 0.15) is 17.3 Å². The molecule has 1 fully saturated rings. The number of nitrogens with zero attached hydrogens (tertiary/aromatic N) is 5. The number of benzene rings is 1. The van der Waals surface area contributed by atoms with Crippen LogP contribution in [0.25, 0.3) is 33.3 Å². The summed E-state index contributed by atoms with van der Waals surface area (Å²) in [6, 6.07) is 6.03. The molecule has 35 heavy (non-hydrogen) atoms. The smallest absolute Gasteiger partial charge is 0.137 e. The quantitative estimate of drug-likeness (QED) is 0.361. The second kappa shape index (κ2) is 9.59. The standard InChI is InChI=1S/C25H23F2N7.ClH/c26-20-5-16(6-21(27)8-20)13-33-14-19(11-31-33)24-12-30-25-23(24)7-17(9-29-25)18-10-32-34(15-18)22-1-3-28-4-2-22;/h5-12,14-15,22,28H,1-4,13H2,(H,29,30);1H. The number of rotatable bonds is 5. The molecule has 0 amide bonds. The van der Waals surface area contributed by atoms with Crippen molar-refractivity contribution in [3.05, 3.63) is 78.6 Å². The van der Waals surface area contributed by atoms with Gasteiger partial charge in [-0.2, -0.15) is 10.2 Å². The van der Waals surface area contributed by atoms with Crippen LogP contribution in [0.3, 0.4) is 0 Å². The molecule has 2 N–H and O–H groups in total. The molecule has 1 aliphatic heterocycles. The predicted octanol–water partition coefficient (Wildman–Crippen LogP) is 4.96. The van der Waals surface area contributed by atoms with Crippen molar-refractivity contribution in [3.8, 4) is 22.3 Å². The number of fused-ring (bicyclic) bond motifs is 1. The Hall–Kier alpha value is -3.56. The third-order valence-electron chi connectivity index (χ3n) is 6.36. The molecule has 0 bridgehead atoms. The highest BCUT2D eigenvalue weighted by molar-refractivity contribution is 5.95. The van der Waals surface area contributed by atoms with Crippen LogP contribution < -0.4 is 5.32 Å². The molecule has 0 atom stereocenters. The largest absolute Gasteiger partial charge is 0.346 e. The van der Waals surface area contributed by atoms with Crippen LogP contribution >= 0.6 is 12.4 Å². The fourth-order valence-corrected chi connectivity index (χ4v) is 4.64. The topological polar surface area (TPSA) is 76.3 Å². The lowest BCUT2D eigenvalue weighted by atomic mass is 10.1. The Kier molecular flexibility index (Phi) is 6.36. The second-order valence-corrected chi connectivity index (χ2v) is 8.72. The van der Waals surface area contributed by atoms with E-state index in [-0.39, 0.29) is 19.0 Å². The predicted molar refractivity (Wildman–Crippen MR) is 132 cm³/mol. The molecule has 10 heteroatoms. The Balaban J connectivity index is 0.00000253. The first-order chi connectivity index (χ1) is 16.6. The van der Waals surface area contributed by atoms with Gasteiger partial charge in [0.05, 0.1) is 25.0 Å². The van der Waals surface area contributed by atoms with Crippen molar-refractivity contribution < 1.29 is 8.78 Å². The van der Waals surface area contributed by atoms with Gasteiger partial charge in [0, 0.05) is 58.5 Å². The molecule has 7 nitrogen and oxygen atoms in total. The SMILES string of the molecule is Cl.Fc1cc(F)cc(Cn2cc(-c3c[nH]c4ncc(-c5cnn(C6CCNCC6)c5)cc34)cn2)c1. The lowest BCUT2D eigenvalue weighted by Gasteiger charge is -2.22. The van der Waals surface area contributed by atoms with E-state index in [2.05, 4.69) is 42.4 Å². The normalized spacial score (nSPS) is 14.3. The number of nitrogens with one attached hydrogen (secondary N) is 2. The summed E-state index contributed by atoms with van der Waals surface area (Å²) in [5.74, 6) is -1.19. The molecule has 6 rings (SSSR count). The fourth-order valence-electron chi connectivity index (χ4n) is 4.64. The summed E-state index contributed by atoms with van der Waals surface area (Å²) in [7, 11) is 0. The maximum Gasteiger partial charge on any atom is 0.137 e. The Bertz CT molecular complexity index is 1450. The third kappa shape index (κ3) is 4.69. The van der Waals surface area contributed by atoms with E-state index in [1.807, 2.05) is 24.8 Å². The van der Waals surface area contributed by atoms with E-state index in [9.17, 15) is 8.78 Å². The molecule has 1 aliphatic rings. The number of aromatic nitrogens is 6. The number of pyridine rings is 1. The summed E-state index contributed by atoms with van der Waals surface area (Å²) in [5.41, 5.74) is 5.18. The first-order valence-electron chi connectivity index (χ1n) is 11.3. The molecule has 0 unspecified atom stereocenters. The van der Waals surface area contributed by atoms with Crippen LogP contribution in [0.15, 0.2) is 61.4 Å². The van der Waals surface area contributed by atoms with Gasteiger partial charge >= 0.3 is 0 Å². The first kappa shape index (κ1) is 23.2. The molecule has 0 radical (unpaired) electrons. The number of hydrogen-bond acceptors (Lipinski definition) is 4. The zero-order chi connectivity index (χ0) is 23.1. The number of halogens is 3. The van der Waals surface area contributed by atoms with Crippen LogP contribution in [0.5, 0.6) is 0 Å². The van der Waals surface area contributed by atoms with Crippen LogP contribution in [0, 0.1) is 11.6 Å². The summed E-state index contributed by atoms with van der Waals surface area (Å²) < 4.78 is 30.8. The lowest BCUT2D eigenvalue weighted by Crippen LogP contribution is -2.29. The van der Waals surface area contributed by atoms with Gasteiger partial charge in [-0.1, -0.05) is 0 Å². The number of hydrogen-bond donors (Lipinski definition) is 2. The van der Waals surface area contributed by atoms with E-state index >= 15 is 0 Å². The van der Waals surface area contributed by atoms with E-state index in [1.165, 1.54) is 12.1 Å². The Morgan fingerprint density at radius 3 is 2.46 bits per heavy atom. The van der Waals surface area contributed by atoms with Crippen LogP contribution in [0.2, 0.25) is 0 Å². The molecule has 0 aliphatic carbocycles. The van der Waals surface area contributed by atoms with Crippen LogP contribution in [-0.4, -0.2) is 42.6 Å². The summed E-state index contributed by atoms with van der Waals surface area (Å²) in [4.78, 5) is 7.83. The average molecular weight is 496 g/mol. The van der Waals surface area contributed by atoms with Crippen molar-refractivity contribution >= 4 is 23.4 Å². The van der Waals surface area contributed by atoms with Crippen molar-refractivity contribution in [3.63, 3.8) is 0 Å². The van der Waals surface area contributed by atoms with Gasteiger partial charge in [-0.25, -0.2) is 13.8 Å². The van der Waals surface area contributed by atoms with Crippen LogP contribution in [-0.2, 0) is 6.54 Å². The molecule has 4 aromatic heterocycles. The lowest BCUT2D eigenvalue weighted by molar-refractivity contribution is 0.343. The number of aromatic amines is 1. The van der Waals surface area contributed by atoms with Crippen molar-refractivity contribution in [1.29, 1.82) is 0 Å². The highest BCUT2D eigenvalue weighted by Crippen LogP contribution is 2.31. The molecule has 0 spiro atoms. The molecule has 5 aromatic rings. The highest BCUT2D eigenvalue weighted by Gasteiger charge is 2.17. The molecule has 0 saturated carbocycles. The summed E-state index contributed by atoms with van der Waals surface area (Å²) in [6.07, 6.45) is 13.5. The monoisotopic (exact) mass is 495 g/mol. The Morgan fingerprint density at radius 2 is 1.66 bits per heavy atom. The van der Waals surface area contributed by atoms with Gasteiger partial charge in [-0.3, -0.25) is 9.36 Å². The van der Waals surface area contributed by atoms with Crippen LogP contribution in [0.1, 0.15) is 24.4 Å². The van der Waals surface area contributed by atoms with E-state index in [4.69, 9.17) is 0 Å². The summed E-state index contributed by atoms with van der Waals surface area (Å²) in [6.45, 7) is 2.31. The van der Waals surface area contributed by atoms with Crippen LogP contribution in [0.4, 0.5) is 8.78 Å². The van der Waals surface area contributed by atoms with Crippen molar-refractivity contribution in [2.45, 2.75) is 25.4 Å². The molecule has 180 valence electrons. The van der Waals surface area contributed by atoms with Crippen molar-refractivity contribution in [2.24, 2.45) is 0 Å². The minimum atomic E-state index is -0.596. The van der Waals surface area contributed by atoms with Gasteiger partial charge in [-0.05, 0) is 49.7 Å². The van der Waals surface area contributed by atoms with E-state index < -0.39 is 11.6 Å². The first-order valence-corrected chi connectivity index (χ1v) is 11.3. The van der Waals surface area contributed by atoms with Gasteiger partial charge in [0.15, 0.2) is 0 Å². The zero-order valence-electron chi connectivity index (χ0n) is 18.8. The second-order valence-electron chi connectivity index (χ2n) is 8.72. The van der Waals surface area contributed by atoms with Gasteiger partial charge in [0.2, 0.25) is 0 Å². The highest BCUT2D eigenvalue weighted by atomic mass is 35.5. The minimum absolute atomic E-state index is 0. The summed E-state index contributed by atoms with van der Waals surface area (Å²) in [5, 5.41) is 13.4. The van der Waals surface area contributed by atoms with Gasteiger partial charge < -0.3 is 10.3 Å². The Morgan fingerprint density at radius 1 is 0.886 bits per heavy atom. The van der Waals surface area contributed by atoms with Gasteiger partial charge in [-0.15, -0.1) is 12.4 Å². The third-order valence-corrected chi connectivity index (χ3v) is 6.36. The number of H-pyrrole nitrogens is 1. The molecule has 1 saturated heterocycles. The Labute approximate surface area is 206 Å². The molecule has 1 aromatic carbocycles. The maximum absolute atomic E-state index is 13.5. The maximum atomic E-state index is 13.5. The van der Waals surface area contributed by atoms with Crippen molar-refractivity contribution in [1.82, 2.24) is 34.8 Å². The van der Waals surface area contributed by atoms with Crippen molar-refractivity contribution in [2.75, 3.05) is 13.1 Å². The summed E-state index contributed by atoms with van der Waals surface area (Å²) >= 11 is 0. The fraction of sp³-hybridized carbons (Fsp3) is 0.240. The molecular formula is C25H24ClF2N7.